The van der Waals surface area contributed by atoms with E-state index in [1.807, 2.05) is 0 Å². The molecule has 3 rings (SSSR count). The molecule has 0 saturated carbocycles. The molecule has 22 heavy (non-hydrogen) atoms. The molecule has 0 aliphatic carbocycles. The van der Waals surface area contributed by atoms with Gasteiger partial charge in [-0.05, 0) is 42.5 Å². The molecule has 0 radical (unpaired) electrons. The van der Waals surface area contributed by atoms with Crippen LogP contribution in [-0.2, 0) is 6.61 Å². The number of benzene rings is 2. The number of hydrogen-bond acceptors (Lipinski definition) is 3. The highest BCUT2D eigenvalue weighted by Gasteiger charge is 2.13. The molecule has 2 aromatic carbocycles. The third kappa shape index (κ3) is 2.90. The minimum absolute atomic E-state index is 0.0913. The first kappa shape index (κ1) is 14.1. The summed E-state index contributed by atoms with van der Waals surface area (Å²) in [5, 5.41) is 15.6. The van der Waals surface area contributed by atoms with Crippen molar-refractivity contribution in [1.29, 1.82) is 0 Å². The van der Waals surface area contributed by atoms with E-state index in [4.69, 9.17) is 9.84 Å². The molecule has 0 saturated heterocycles. The van der Waals surface area contributed by atoms with Crippen molar-refractivity contribution in [2.24, 2.45) is 0 Å². The summed E-state index contributed by atoms with van der Waals surface area (Å²) in [5.74, 6) is -0.880. The Morgan fingerprint density at radius 2 is 1.73 bits per heavy atom. The van der Waals surface area contributed by atoms with Crippen LogP contribution in [0, 0.1) is 11.6 Å². The number of phenols is 1. The molecule has 3 aromatic rings. The van der Waals surface area contributed by atoms with Gasteiger partial charge in [-0.3, -0.25) is 5.10 Å². The van der Waals surface area contributed by atoms with Gasteiger partial charge in [-0.25, -0.2) is 8.78 Å². The first-order valence-electron chi connectivity index (χ1n) is 6.53. The van der Waals surface area contributed by atoms with Gasteiger partial charge in [0.1, 0.15) is 29.7 Å². The Labute approximate surface area is 125 Å². The van der Waals surface area contributed by atoms with Crippen LogP contribution in [0.25, 0.3) is 11.3 Å². The van der Waals surface area contributed by atoms with Gasteiger partial charge < -0.3 is 9.84 Å². The van der Waals surface area contributed by atoms with E-state index < -0.39 is 11.6 Å². The summed E-state index contributed by atoms with van der Waals surface area (Å²) < 4.78 is 33.5. The fourth-order valence-electron chi connectivity index (χ4n) is 2.01. The van der Waals surface area contributed by atoms with E-state index in [1.165, 1.54) is 42.6 Å². The van der Waals surface area contributed by atoms with Gasteiger partial charge in [0.2, 0.25) is 0 Å². The van der Waals surface area contributed by atoms with Gasteiger partial charge in [-0.2, -0.15) is 5.10 Å². The number of hydrogen-bond donors (Lipinski definition) is 2. The van der Waals surface area contributed by atoms with Gasteiger partial charge in [0, 0.05) is 11.8 Å². The molecule has 0 atom stereocenters. The molecule has 1 aromatic heterocycles. The predicted octanol–water partition coefficient (Wildman–Crippen LogP) is 3.64. The molecule has 0 fully saturated rings. The van der Waals surface area contributed by atoms with Crippen LogP contribution in [0.4, 0.5) is 8.78 Å². The minimum atomic E-state index is -0.691. The maximum Gasteiger partial charge on any atom is 0.133 e. The molecule has 0 amide bonds. The summed E-state index contributed by atoms with van der Waals surface area (Å²) in [6.45, 7) is -0.244. The highest BCUT2D eigenvalue weighted by molar-refractivity contribution is 5.59. The monoisotopic (exact) mass is 302 g/mol. The average molecular weight is 302 g/mol. The smallest absolute Gasteiger partial charge is 0.133 e. The maximum atomic E-state index is 14.1. The van der Waals surface area contributed by atoms with E-state index in [0.717, 1.165) is 0 Å². The van der Waals surface area contributed by atoms with E-state index in [0.29, 0.717) is 17.0 Å². The van der Waals surface area contributed by atoms with Gasteiger partial charge in [0.25, 0.3) is 0 Å². The van der Waals surface area contributed by atoms with Crippen LogP contribution in [0.3, 0.4) is 0 Å². The lowest BCUT2D eigenvalue weighted by Crippen LogP contribution is -2.02. The molecule has 0 bridgehead atoms. The summed E-state index contributed by atoms with van der Waals surface area (Å²) in [4.78, 5) is 0. The van der Waals surface area contributed by atoms with Crippen molar-refractivity contribution in [2.75, 3.05) is 0 Å². The van der Waals surface area contributed by atoms with Gasteiger partial charge >= 0.3 is 0 Å². The van der Waals surface area contributed by atoms with Gasteiger partial charge in [0.15, 0.2) is 0 Å². The van der Waals surface area contributed by atoms with E-state index in [-0.39, 0.29) is 17.9 Å². The summed E-state index contributed by atoms with van der Waals surface area (Å²) in [6, 6.07) is 9.99. The Balaban J connectivity index is 1.80. The van der Waals surface area contributed by atoms with Crippen LogP contribution >= 0.6 is 0 Å². The molecule has 112 valence electrons. The second kappa shape index (κ2) is 5.85. The lowest BCUT2D eigenvalue weighted by molar-refractivity contribution is 0.292. The number of ether oxygens (including phenoxy) is 1. The van der Waals surface area contributed by atoms with Crippen LogP contribution in [0.5, 0.6) is 11.5 Å². The van der Waals surface area contributed by atoms with Crippen LogP contribution in [0.1, 0.15) is 5.56 Å². The number of aromatic amines is 1. The summed E-state index contributed by atoms with van der Waals surface area (Å²) in [5.41, 5.74) is 0.751. The number of phenolic OH excluding ortho intramolecular Hbond substituents is 1. The second-order valence-electron chi connectivity index (χ2n) is 4.67. The molecular formula is C16H12F2N2O2. The van der Waals surface area contributed by atoms with Crippen molar-refractivity contribution in [3.63, 3.8) is 0 Å². The van der Waals surface area contributed by atoms with Crippen LogP contribution < -0.4 is 4.74 Å². The van der Waals surface area contributed by atoms with Crippen molar-refractivity contribution in [2.45, 2.75) is 6.61 Å². The zero-order valence-electron chi connectivity index (χ0n) is 11.4. The lowest BCUT2D eigenvalue weighted by Gasteiger charge is -2.09. The molecule has 6 heteroatoms. The molecule has 0 aliphatic heterocycles. The number of H-pyrrole nitrogens is 1. The maximum absolute atomic E-state index is 14.1. The van der Waals surface area contributed by atoms with Crippen molar-refractivity contribution in [3.05, 3.63) is 65.9 Å². The zero-order valence-corrected chi connectivity index (χ0v) is 11.4. The van der Waals surface area contributed by atoms with Crippen molar-refractivity contribution in [3.8, 4) is 22.8 Å². The summed E-state index contributed by atoms with van der Waals surface area (Å²) in [6.07, 6.45) is 1.51. The normalized spacial score (nSPS) is 10.6. The second-order valence-corrected chi connectivity index (χ2v) is 4.67. The van der Waals surface area contributed by atoms with E-state index >= 15 is 0 Å². The van der Waals surface area contributed by atoms with Crippen molar-refractivity contribution < 1.29 is 18.6 Å². The fraction of sp³-hybridized carbons (Fsp3) is 0.0625. The Morgan fingerprint density at radius 1 is 1.05 bits per heavy atom. The molecular weight excluding hydrogens is 290 g/mol. The van der Waals surface area contributed by atoms with E-state index in [1.54, 1.807) is 6.07 Å². The molecule has 2 N–H and O–H groups in total. The topological polar surface area (TPSA) is 58.1 Å². The first-order valence-corrected chi connectivity index (χ1v) is 6.53. The zero-order chi connectivity index (χ0) is 15.5. The molecule has 4 nitrogen and oxygen atoms in total. The number of rotatable bonds is 4. The highest BCUT2D eigenvalue weighted by Crippen LogP contribution is 2.24. The fourth-order valence-corrected chi connectivity index (χ4v) is 2.01. The quantitative estimate of drug-likeness (QED) is 0.773. The van der Waals surface area contributed by atoms with Crippen LogP contribution in [0.2, 0.25) is 0 Å². The summed E-state index contributed by atoms with van der Waals surface area (Å²) >= 11 is 0. The third-order valence-corrected chi connectivity index (χ3v) is 3.17. The van der Waals surface area contributed by atoms with Crippen LogP contribution in [0.15, 0.2) is 48.7 Å². The Hall–Kier alpha value is -2.89. The number of nitrogens with zero attached hydrogens (tertiary/aromatic N) is 1. The predicted molar refractivity (Wildman–Crippen MR) is 76.4 cm³/mol. The standard InChI is InChI=1S/C16H12F2N2O2/c17-14-7-10(16-5-6-19-20-16)8-15(18)13(14)9-22-12-3-1-11(21)2-4-12/h1-8,21H,9H2,(H,19,20). The third-order valence-electron chi connectivity index (χ3n) is 3.17. The largest absolute Gasteiger partial charge is 0.508 e. The van der Waals surface area contributed by atoms with Crippen molar-refractivity contribution in [1.82, 2.24) is 10.2 Å². The number of aromatic hydroxyl groups is 1. The lowest BCUT2D eigenvalue weighted by atomic mass is 10.1. The van der Waals surface area contributed by atoms with E-state index in [2.05, 4.69) is 10.2 Å². The SMILES string of the molecule is Oc1ccc(OCc2c(F)cc(-c3ccn[nH]3)cc2F)cc1. The number of halogens is 2. The van der Waals surface area contributed by atoms with E-state index in [9.17, 15) is 8.78 Å². The summed E-state index contributed by atoms with van der Waals surface area (Å²) in [7, 11) is 0. The van der Waals surface area contributed by atoms with Crippen LogP contribution in [-0.4, -0.2) is 15.3 Å². The van der Waals surface area contributed by atoms with Crippen molar-refractivity contribution >= 4 is 0 Å². The minimum Gasteiger partial charge on any atom is -0.508 e. The van der Waals surface area contributed by atoms with Gasteiger partial charge in [-0.1, -0.05) is 0 Å². The molecule has 0 spiro atoms. The Morgan fingerprint density at radius 3 is 2.32 bits per heavy atom. The van der Waals surface area contributed by atoms with Gasteiger partial charge in [-0.15, -0.1) is 0 Å². The molecule has 0 aliphatic rings. The Bertz CT molecular complexity index is 748. The number of aromatic nitrogens is 2. The highest BCUT2D eigenvalue weighted by atomic mass is 19.1. The first-order chi connectivity index (χ1) is 10.6. The molecule has 0 unspecified atom stereocenters. The Kier molecular flexibility index (Phi) is 3.74. The molecule has 1 heterocycles. The number of nitrogens with one attached hydrogen (secondary N) is 1. The van der Waals surface area contributed by atoms with Gasteiger partial charge in [0.05, 0.1) is 11.3 Å². The average Bonchev–Trinajstić information content (AvgIpc) is 3.02.